The molecule has 1 aliphatic rings. The Bertz CT molecular complexity index is 579. The Morgan fingerprint density at radius 1 is 1.28 bits per heavy atom. The molecule has 1 fully saturated rings. The highest BCUT2D eigenvalue weighted by atomic mass is 16.5. The maximum Gasteiger partial charge on any atom is 0.309 e. The zero-order valence-electron chi connectivity index (χ0n) is 15.9. The van der Waals surface area contributed by atoms with Crippen molar-refractivity contribution in [2.24, 2.45) is 5.92 Å². The lowest BCUT2D eigenvalue weighted by Crippen LogP contribution is -2.42. The molecule has 0 bridgehead atoms. The van der Waals surface area contributed by atoms with E-state index in [9.17, 15) is 9.90 Å². The van der Waals surface area contributed by atoms with Crippen molar-refractivity contribution in [3.05, 3.63) is 28.8 Å². The minimum atomic E-state index is -0.542. The molecule has 0 unspecified atom stereocenters. The van der Waals surface area contributed by atoms with Crippen LogP contribution in [0.15, 0.2) is 12.1 Å². The summed E-state index contributed by atoms with van der Waals surface area (Å²) in [4.78, 5) is 14.0. The molecule has 1 aromatic rings. The Kier molecular flexibility index (Phi) is 7.26. The number of carbonyl (C=O) groups is 1. The van der Waals surface area contributed by atoms with Crippen LogP contribution in [0.25, 0.3) is 0 Å². The maximum absolute atomic E-state index is 11.8. The molecule has 0 aromatic heterocycles. The fraction of sp³-hybridized carbons (Fsp3) is 0.650. The second kappa shape index (κ2) is 9.20. The number of carbonyl (C=O) groups excluding carboxylic acids is 1. The van der Waals surface area contributed by atoms with E-state index < -0.39 is 6.10 Å². The number of β-amino-alcohol motifs (C(OH)–C–C–N with tert-alkyl or cyclic N) is 1. The molecule has 5 heteroatoms. The maximum atomic E-state index is 11.8. The van der Waals surface area contributed by atoms with E-state index in [1.54, 1.807) is 0 Å². The van der Waals surface area contributed by atoms with E-state index in [1.807, 2.05) is 26.8 Å². The first-order chi connectivity index (χ1) is 11.9. The molecule has 0 radical (unpaired) electrons. The number of aryl methyl sites for hydroxylation is 2. The van der Waals surface area contributed by atoms with Crippen molar-refractivity contribution in [1.82, 2.24) is 4.90 Å². The molecule has 0 spiro atoms. The number of hydrogen-bond donors (Lipinski definition) is 1. The first kappa shape index (κ1) is 19.7. The predicted octanol–water partition coefficient (Wildman–Crippen LogP) is 2.63. The number of piperidine rings is 1. The molecule has 1 aromatic carbocycles. The number of aliphatic hydroxyl groups excluding tert-OH is 1. The zero-order chi connectivity index (χ0) is 18.4. The van der Waals surface area contributed by atoms with Gasteiger partial charge in [0.1, 0.15) is 18.5 Å². The third-order valence-electron chi connectivity index (χ3n) is 4.87. The fourth-order valence-corrected chi connectivity index (χ4v) is 3.30. The quantitative estimate of drug-likeness (QED) is 0.767. The van der Waals surface area contributed by atoms with Gasteiger partial charge in [0.15, 0.2) is 0 Å². The fourth-order valence-electron chi connectivity index (χ4n) is 3.30. The van der Waals surface area contributed by atoms with E-state index in [-0.39, 0.29) is 18.5 Å². The Morgan fingerprint density at radius 2 is 1.96 bits per heavy atom. The van der Waals surface area contributed by atoms with Crippen molar-refractivity contribution < 1.29 is 19.4 Å². The summed E-state index contributed by atoms with van der Waals surface area (Å²) < 4.78 is 10.9. The molecule has 0 amide bonds. The van der Waals surface area contributed by atoms with E-state index in [4.69, 9.17) is 9.47 Å². The van der Waals surface area contributed by atoms with E-state index in [0.29, 0.717) is 13.2 Å². The first-order valence-electron chi connectivity index (χ1n) is 9.18. The Morgan fingerprint density at radius 3 is 2.60 bits per heavy atom. The highest BCUT2D eigenvalue weighted by Crippen LogP contribution is 2.24. The second-order valence-corrected chi connectivity index (χ2v) is 7.00. The second-order valence-electron chi connectivity index (χ2n) is 7.00. The van der Waals surface area contributed by atoms with Crippen LogP contribution in [0.1, 0.15) is 36.5 Å². The lowest BCUT2D eigenvalue weighted by atomic mass is 9.97. The number of benzene rings is 1. The number of esters is 1. The minimum absolute atomic E-state index is 0.00233. The Hall–Kier alpha value is -1.59. The van der Waals surface area contributed by atoms with Crippen LogP contribution in [0.2, 0.25) is 0 Å². The summed E-state index contributed by atoms with van der Waals surface area (Å²) in [6.07, 6.45) is 1.05. The van der Waals surface area contributed by atoms with Gasteiger partial charge in [0.25, 0.3) is 0 Å². The van der Waals surface area contributed by atoms with Crippen molar-refractivity contribution in [2.45, 2.75) is 46.6 Å². The predicted molar refractivity (Wildman–Crippen MR) is 98.0 cm³/mol. The summed E-state index contributed by atoms with van der Waals surface area (Å²) in [6.45, 7) is 10.9. The van der Waals surface area contributed by atoms with Crippen LogP contribution in [0.5, 0.6) is 5.75 Å². The van der Waals surface area contributed by atoms with Gasteiger partial charge in [-0.3, -0.25) is 4.79 Å². The summed E-state index contributed by atoms with van der Waals surface area (Å²) in [5, 5.41) is 10.3. The Balaban J connectivity index is 1.76. The van der Waals surface area contributed by atoms with Crippen LogP contribution < -0.4 is 4.74 Å². The van der Waals surface area contributed by atoms with Gasteiger partial charge in [0, 0.05) is 6.54 Å². The average Bonchev–Trinajstić information content (AvgIpc) is 2.57. The molecule has 0 saturated carbocycles. The van der Waals surface area contributed by atoms with Gasteiger partial charge in [-0.2, -0.15) is 0 Å². The van der Waals surface area contributed by atoms with E-state index in [0.717, 1.165) is 42.8 Å². The summed E-state index contributed by atoms with van der Waals surface area (Å²) in [5.74, 6) is 0.761. The number of nitrogens with zero attached hydrogens (tertiary/aromatic N) is 1. The summed E-state index contributed by atoms with van der Waals surface area (Å²) in [7, 11) is 0. The van der Waals surface area contributed by atoms with Crippen molar-refractivity contribution in [3.63, 3.8) is 0 Å². The molecular formula is C20H31NO4. The number of likely N-dealkylation sites (tertiary alicyclic amines) is 1. The molecule has 1 atom stereocenters. The average molecular weight is 349 g/mol. The molecule has 1 heterocycles. The Labute approximate surface area is 150 Å². The smallest absolute Gasteiger partial charge is 0.309 e. The van der Waals surface area contributed by atoms with Crippen LogP contribution in [0.4, 0.5) is 0 Å². The van der Waals surface area contributed by atoms with Gasteiger partial charge in [0.2, 0.25) is 0 Å². The van der Waals surface area contributed by atoms with Crippen molar-refractivity contribution in [1.29, 1.82) is 0 Å². The van der Waals surface area contributed by atoms with Gasteiger partial charge in [0.05, 0.1) is 12.5 Å². The highest BCUT2D eigenvalue weighted by molar-refractivity contribution is 5.72. The SMILES string of the molecule is CCOC(=O)C1CCN(C[C@H](O)COc2cc(C)cc(C)c2C)CC1. The topological polar surface area (TPSA) is 59.0 Å². The minimum Gasteiger partial charge on any atom is -0.491 e. The normalized spacial score (nSPS) is 17.3. The van der Waals surface area contributed by atoms with Crippen molar-refractivity contribution >= 4 is 5.97 Å². The van der Waals surface area contributed by atoms with Gasteiger partial charge in [-0.05, 0) is 76.4 Å². The van der Waals surface area contributed by atoms with Crippen LogP contribution in [0.3, 0.4) is 0 Å². The van der Waals surface area contributed by atoms with Crippen LogP contribution in [-0.2, 0) is 9.53 Å². The molecule has 0 aliphatic carbocycles. The van der Waals surface area contributed by atoms with Gasteiger partial charge in [-0.25, -0.2) is 0 Å². The lowest BCUT2D eigenvalue weighted by Gasteiger charge is -2.32. The largest absolute Gasteiger partial charge is 0.491 e. The van der Waals surface area contributed by atoms with Crippen molar-refractivity contribution in [3.8, 4) is 5.75 Å². The molecule has 1 aliphatic heterocycles. The first-order valence-corrected chi connectivity index (χ1v) is 9.18. The molecule has 140 valence electrons. The van der Waals surface area contributed by atoms with Crippen molar-refractivity contribution in [2.75, 3.05) is 32.8 Å². The molecule has 2 rings (SSSR count). The summed E-state index contributed by atoms with van der Waals surface area (Å²) >= 11 is 0. The number of hydrogen-bond acceptors (Lipinski definition) is 5. The lowest BCUT2D eigenvalue weighted by molar-refractivity contribution is -0.149. The molecule has 25 heavy (non-hydrogen) atoms. The zero-order valence-corrected chi connectivity index (χ0v) is 15.9. The monoisotopic (exact) mass is 349 g/mol. The summed E-state index contributed by atoms with van der Waals surface area (Å²) in [5.41, 5.74) is 3.48. The van der Waals surface area contributed by atoms with Crippen LogP contribution in [-0.4, -0.2) is 54.9 Å². The third kappa shape index (κ3) is 5.72. The van der Waals surface area contributed by atoms with Gasteiger partial charge in [-0.15, -0.1) is 0 Å². The molecule has 5 nitrogen and oxygen atoms in total. The van der Waals surface area contributed by atoms with Crippen LogP contribution in [0, 0.1) is 26.7 Å². The van der Waals surface area contributed by atoms with Gasteiger partial charge in [-0.1, -0.05) is 6.07 Å². The van der Waals surface area contributed by atoms with E-state index in [2.05, 4.69) is 17.9 Å². The molecular weight excluding hydrogens is 318 g/mol. The third-order valence-corrected chi connectivity index (χ3v) is 4.87. The standard InChI is InChI=1S/C20H31NO4/c1-5-24-20(23)17-6-8-21(9-7-17)12-18(22)13-25-19-11-14(2)10-15(3)16(19)4/h10-11,17-18,22H,5-9,12-13H2,1-4H3/t18-/m0/s1. The highest BCUT2D eigenvalue weighted by Gasteiger charge is 2.26. The number of ether oxygens (including phenoxy) is 2. The van der Waals surface area contributed by atoms with E-state index in [1.165, 1.54) is 5.56 Å². The van der Waals surface area contributed by atoms with E-state index >= 15 is 0 Å². The number of aliphatic hydroxyl groups is 1. The van der Waals surface area contributed by atoms with Crippen LogP contribution >= 0.6 is 0 Å². The number of rotatable bonds is 7. The van der Waals surface area contributed by atoms with Gasteiger partial charge < -0.3 is 19.5 Å². The molecule has 1 N–H and O–H groups in total. The molecule has 1 saturated heterocycles. The summed E-state index contributed by atoms with van der Waals surface area (Å²) in [6, 6.07) is 4.15. The van der Waals surface area contributed by atoms with Gasteiger partial charge >= 0.3 is 5.97 Å².